The van der Waals surface area contributed by atoms with E-state index < -0.39 is 42.3 Å². The molecule has 13 nitrogen and oxygen atoms in total. The monoisotopic (exact) mass is 679 g/mol. The van der Waals surface area contributed by atoms with Crippen molar-refractivity contribution >= 4 is 35.6 Å². The van der Waals surface area contributed by atoms with Gasteiger partial charge in [0.1, 0.15) is 11.9 Å². The standard InChI is InChI=1S/C24H29N5O4.2C2HF3O2/c1-15(23(32)27-12-16-7-9-18(10-8-16)22(25)26)28-24(33)20-11-19(13-29(20)14-21(30)31)17-5-3-2-4-6-17;2*3-2(4,5)1(6)7/h2-10,15,19-20H,11-14H2,1H3,(H3,25,26)(H,27,32)(H,28,33)(H,30,31);2*(H,6,7)/t15?,19-,20+;;/m0../s1. The zero-order valence-electron chi connectivity index (χ0n) is 24.4. The average molecular weight is 680 g/mol. The van der Waals surface area contributed by atoms with E-state index >= 15 is 0 Å². The lowest BCUT2D eigenvalue weighted by molar-refractivity contribution is -0.193. The summed E-state index contributed by atoms with van der Waals surface area (Å²) in [5.74, 6) is -7.20. The van der Waals surface area contributed by atoms with Crippen LogP contribution >= 0.6 is 0 Å². The number of carboxylic acid groups (broad SMARTS) is 3. The van der Waals surface area contributed by atoms with Crippen molar-refractivity contribution in [1.82, 2.24) is 15.5 Å². The Hall–Kier alpha value is -5.20. The van der Waals surface area contributed by atoms with Crippen molar-refractivity contribution in [3.63, 3.8) is 0 Å². The van der Waals surface area contributed by atoms with E-state index in [1.54, 1.807) is 36.1 Å². The molecule has 3 rings (SSSR count). The summed E-state index contributed by atoms with van der Waals surface area (Å²) in [5.41, 5.74) is 7.93. The Labute approximate surface area is 262 Å². The fourth-order valence-electron chi connectivity index (χ4n) is 4.01. The van der Waals surface area contributed by atoms with Crippen LogP contribution in [0.1, 0.15) is 36.0 Å². The number of carboxylic acids is 3. The second-order valence-corrected chi connectivity index (χ2v) is 9.85. The Kier molecular flexibility index (Phi) is 14.8. The predicted octanol–water partition coefficient (Wildman–Crippen LogP) is 2.30. The molecule has 47 heavy (non-hydrogen) atoms. The zero-order chi connectivity index (χ0) is 36.1. The highest BCUT2D eigenvalue weighted by molar-refractivity contribution is 5.95. The van der Waals surface area contributed by atoms with Gasteiger partial charge in [-0.15, -0.1) is 0 Å². The smallest absolute Gasteiger partial charge is 0.480 e. The topological polar surface area (TPSA) is 223 Å². The number of likely N-dealkylation sites (tertiary alicyclic amines) is 1. The first-order chi connectivity index (χ1) is 21.6. The molecule has 8 N–H and O–H groups in total. The molecule has 1 aliphatic rings. The van der Waals surface area contributed by atoms with Crippen molar-refractivity contribution < 1.29 is 65.6 Å². The number of hydrogen-bond acceptors (Lipinski definition) is 7. The van der Waals surface area contributed by atoms with Crippen LogP contribution < -0.4 is 16.4 Å². The summed E-state index contributed by atoms with van der Waals surface area (Å²) in [6.45, 7) is 2.09. The number of rotatable bonds is 9. The van der Waals surface area contributed by atoms with Gasteiger partial charge in [-0.1, -0.05) is 54.6 Å². The number of nitrogens with two attached hydrogens (primary N) is 1. The van der Waals surface area contributed by atoms with E-state index in [1.165, 1.54) is 0 Å². The molecule has 0 aliphatic carbocycles. The largest absolute Gasteiger partial charge is 0.490 e. The maximum atomic E-state index is 12.9. The summed E-state index contributed by atoms with van der Waals surface area (Å²) < 4.78 is 63.5. The quantitative estimate of drug-likeness (QED) is 0.116. The number of nitrogens with zero attached hydrogens (tertiary/aromatic N) is 1. The summed E-state index contributed by atoms with van der Waals surface area (Å²) in [4.78, 5) is 56.2. The fourth-order valence-corrected chi connectivity index (χ4v) is 4.01. The third-order valence-corrected chi connectivity index (χ3v) is 6.28. The zero-order valence-corrected chi connectivity index (χ0v) is 24.4. The van der Waals surface area contributed by atoms with Gasteiger partial charge in [-0.05, 0) is 30.4 Å². The molecule has 1 saturated heterocycles. The van der Waals surface area contributed by atoms with Gasteiger partial charge in [-0.3, -0.25) is 24.7 Å². The first-order valence-corrected chi connectivity index (χ1v) is 13.3. The average Bonchev–Trinajstić information content (AvgIpc) is 3.39. The van der Waals surface area contributed by atoms with Crippen molar-refractivity contribution in [1.29, 1.82) is 5.41 Å². The highest BCUT2D eigenvalue weighted by Crippen LogP contribution is 2.31. The summed E-state index contributed by atoms with van der Waals surface area (Å²) in [5, 5.41) is 36.4. The Morgan fingerprint density at radius 2 is 1.40 bits per heavy atom. The van der Waals surface area contributed by atoms with E-state index in [0.717, 1.165) is 11.1 Å². The Bertz CT molecular complexity index is 1380. The number of alkyl halides is 6. The highest BCUT2D eigenvalue weighted by Gasteiger charge is 2.40. The van der Waals surface area contributed by atoms with Crippen LogP contribution in [0.3, 0.4) is 0 Å². The third-order valence-electron chi connectivity index (χ3n) is 6.28. The minimum absolute atomic E-state index is 0.0275. The number of aliphatic carboxylic acids is 3. The number of nitrogen functional groups attached to an aromatic ring is 1. The molecule has 1 aliphatic heterocycles. The predicted molar refractivity (Wildman–Crippen MR) is 151 cm³/mol. The van der Waals surface area contributed by atoms with Gasteiger partial charge in [0.05, 0.1) is 12.6 Å². The second kappa shape index (κ2) is 17.5. The molecule has 2 aromatic carbocycles. The molecular weight excluding hydrogens is 648 g/mol. The Balaban J connectivity index is 0.000000658. The van der Waals surface area contributed by atoms with Gasteiger partial charge in [-0.2, -0.15) is 26.3 Å². The van der Waals surface area contributed by atoms with Crippen LogP contribution in [-0.2, 0) is 30.5 Å². The van der Waals surface area contributed by atoms with Gasteiger partial charge in [-0.25, -0.2) is 9.59 Å². The molecule has 2 amide bonds. The van der Waals surface area contributed by atoms with Crippen LogP contribution in [0.4, 0.5) is 26.3 Å². The molecule has 2 aromatic rings. The molecule has 258 valence electrons. The van der Waals surface area contributed by atoms with Gasteiger partial charge < -0.3 is 31.7 Å². The van der Waals surface area contributed by atoms with Crippen LogP contribution in [0, 0.1) is 5.41 Å². The first-order valence-electron chi connectivity index (χ1n) is 13.3. The molecule has 1 fully saturated rings. The molecule has 0 aromatic heterocycles. The van der Waals surface area contributed by atoms with E-state index in [0.29, 0.717) is 18.5 Å². The molecule has 0 saturated carbocycles. The molecule has 0 bridgehead atoms. The van der Waals surface area contributed by atoms with E-state index in [1.807, 2.05) is 30.3 Å². The maximum Gasteiger partial charge on any atom is 0.490 e. The van der Waals surface area contributed by atoms with Crippen molar-refractivity contribution in [2.24, 2.45) is 5.73 Å². The Morgan fingerprint density at radius 1 is 0.915 bits per heavy atom. The molecule has 3 atom stereocenters. The molecule has 0 spiro atoms. The van der Waals surface area contributed by atoms with Crippen LogP contribution in [0.25, 0.3) is 0 Å². The molecule has 1 unspecified atom stereocenters. The minimum Gasteiger partial charge on any atom is -0.480 e. The van der Waals surface area contributed by atoms with Crippen LogP contribution in [0.2, 0.25) is 0 Å². The summed E-state index contributed by atoms with van der Waals surface area (Å²) in [6.07, 6.45) is -9.68. The van der Waals surface area contributed by atoms with Gasteiger partial charge in [0.15, 0.2) is 0 Å². The maximum absolute atomic E-state index is 12.9. The number of carbonyl (C=O) groups is 5. The van der Waals surface area contributed by atoms with Gasteiger partial charge in [0, 0.05) is 18.7 Å². The van der Waals surface area contributed by atoms with E-state index in [4.69, 9.17) is 30.9 Å². The van der Waals surface area contributed by atoms with E-state index in [9.17, 15) is 45.8 Å². The third kappa shape index (κ3) is 14.2. The van der Waals surface area contributed by atoms with Gasteiger partial charge >= 0.3 is 30.3 Å². The summed E-state index contributed by atoms with van der Waals surface area (Å²) in [7, 11) is 0. The van der Waals surface area contributed by atoms with Crippen LogP contribution in [0.15, 0.2) is 54.6 Å². The molecule has 19 heteroatoms. The number of carbonyl (C=O) groups excluding carboxylic acids is 2. The SMILES string of the molecule is CC(NC(=O)[C@H]1C[C@H](c2ccccc2)CN1CC(=O)O)C(=O)NCc1ccc(C(=N)N)cc1.O=C(O)C(F)(F)F.O=C(O)C(F)(F)F. The van der Waals surface area contributed by atoms with Crippen molar-refractivity contribution in [2.75, 3.05) is 13.1 Å². The number of benzene rings is 2. The number of amidine groups is 1. The second-order valence-electron chi connectivity index (χ2n) is 9.85. The minimum atomic E-state index is -5.08. The highest BCUT2D eigenvalue weighted by atomic mass is 19.4. The molecule has 1 heterocycles. The Morgan fingerprint density at radius 3 is 1.83 bits per heavy atom. The lowest BCUT2D eigenvalue weighted by atomic mass is 9.96. The van der Waals surface area contributed by atoms with Crippen molar-refractivity contribution in [3.8, 4) is 0 Å². The van der Waals surface area contributed by atoms with Crippen molar-refractivity contribution in [2.45, 2.75) is 50.2 Å². The normalized spacial score (nSPS) is 16.7. The van der Waals surface area contributed by atoms with Gasteiger partial charge in [0.2, 0.25) is 11.8 Å². The number of halogens is 6. The first kappa shape index (κ1) is 39.8. The summed E-state index contributed by atoms with van der Waals surface area (Å²) in [6, 6.07) is 15.2. The fraction of sp³-hybridized carbons (Fsp3) is 0.357. The molecular formula is C28H31F6N5O8. The number of nitrogens with one attached hydrogen (secondary N) is 3. The van der Waals surface area contributed by atoms with Crippen LogP contribution in [-0.4, -0.2) is 93.3 Å². The van der Waals surface area contributed by atoms with Crippen LogP contribution in [0.5, 0.6) is 0 Å². The van der Waals surface area contributed by atoms with E-state index in [-0.39, 0.29) is 36.7 Å². The summed E-state index contributed by atoms with van der Waals surface area (Å²) >= 11 is 0. The van der Waals surface area contributed by atoms with Crippen molar-refractivity contribution in [3.05, 3.63) is 71.3 Å². The number of hydrogen-bond donors (Lipinski definition) is 7. The van der Waals surface area contributed by atoms with E-state index in [2.05, 4.69) is 10.6 Å². The number of amides is 2. The lowest BCUT2D eigenvalue weighted by Gasteiger charge is -2.23. The lowest BCUT2D eigenvalue weighted by Crippen LogP contribution is -2.51. The molecule has 0 radical (unpaired) electrons. The van der Waals surface area contributed by atoms with Gasteiger partial charge in [0.25, 0.3) is 0 Å².